The molecule has 0 atom stereocenters. The fraction of sp³-hybridized carbons (Fsp3) is 0.0556. The van der Waals surface area contributed by atoms with Gasteiger partial charge in [-0.15, -0.1) is 11.3 Å². The summed E-state index contributed by atoms with van der Waals surface area (Å²) in [5, 5.41) is 8.01. The van der Waals surface area contributed by atoms with Gasteiger partial charge in [0.1, 0.15) is 5.75 Å². The van der Waals surface area contributed by atoms with Gasteiger partial charge in [-0.3, -0.25) is 9.59 Å². The van der Waals surface area contributed by atoms with Crippen LogP contribution >= 0.6 is 22.9 Å². The molecule has 0 spiro atoms. The Morgan fingerprint density at radius 1 is 1.04 bits per heavy atom. The summed E-state index contributed by atoms with van der Waals surface area (Å²) in [4.78, 5) is 27.8. The number of nitrogens with zero attached hydrogens (tertiary/aromatic N) is 1. The number of para-hydroxylation sites is 1. The van der Waals surface area contributed by atoms with Gasteiger partial charge in [0.2, 0.25) is 0 Å². The van der Waals surface area contributed by atoms with E-state index in [1.165, 1.54) is 11.3 Å². The van der Waals surface area contributed by atoms with Gasteiger partial charge in [0.25, 0.3) is 11.8 Å². The third-order valence-corrected chi connectivity index (χ3v) is 4.33. The Morgan fingerprint density at radius 2 is 1.73 bits per heavy atom. The molecule has 6 nitrogen and oxygen atoms in total. The van der Waals surface area contributed by atoms with E-state index in [2.05, 4.69) is 15.6 Å². The van der Waals surface area contributed by atoms with Crippen LogP contribution in [0.2, 0.25) is 5.02 Å². The van der Waals surface area contributed by atoms with Crippen molar-refractivity contribution in [1.82, 2.24) is 4.98 Å². The molecule has 2 amide bonds. The molecule has 0 aliphatic rings. The van der Waals surface area contributed by atoms with Crippen molar-refractivity contribution >= 4 is 46.1 Å². The Morgan fingerprint density at radius 3 is 2.38 bits per heavy atom. The van der Waals surface area contributed by atoms with Crippen molar-refractivity contribution in [3.05, 3.63) is 70.1 Å². The minimum atomic E-state index is -0.315. The smallest absolute Gasteiger partial charge is 0.284 e. The van der Waals surface area contributed by atoms with Gasteiger partial charge < -0.3 is 15.4 Å². The van der Waals surface area contributed by atoms with E-state index in [1.807, 2.05) is 0 Å². The van der Waals surface area contributed by atoms with Crippen LogP contribution in [0.5, 0.6) is 5.75 Å². The maximum atomic E-state index is 12.0. The summed E-state index contributed by atoms with van der Waals surface area (Å²) in [6, 6.07) is 13.7. The van der Waals surface area contributed by atoms with Crippen LogP contribution in [0.15, 0.2) is 60.1 Å². The number of aromatic nitrogens is 1. The second-order valence-electron chi connectivity index (χ2n) is 5.14. The van der Waals surface area contributed by atoms with E-state index in [-0.39, 0.29) is 18.4 Å². The molecule has 1 aromatic heterocycles. The van der Waals surface area contributed by atoms with E-state index < -0.39 is 0 Å². The van der Waals surface area contributed by atoms with Crippen molar-refractivity contribution in [2.75, 3.05) is 17.2 Å². The fourth-order valence-electron chi connectivity index (χ4n) is 2.06. The number of ether oxygens (including phenoxy) is 1. The zero-order valence-electron chi connectivity index (χ0n) is 13.4. The van der Waals surface area contributed by atoms with Crippen LogP contribution in [-0.4, -0.2) is 23.4 Å². The molecule has 0 unspecified atom stereocenters. The molecule has 0 aliphatic carbocycles. The number of halogens is 1. The average molecular weight is 388 g/mol. The average Bonchev–Trinajstić information content (AvgIpc) is 3.17. The Hall–Kier alpha value is -2.90. The Labute approximate surface area is 158 Å². The molecule has 2 N–H and O–H groups in total. The largest absolute Gasteiger partial charge is 0.482 e. The fourth-order valence-corrected chi connectivity index (χ4v) is 2.78. The van der Waals surface area contributed by atoms with Gasteiger partial charge >= 0.3 is 0 Å². The van der Waals surface area contributed by atoms with E-state index in [0.29, 0.717) is 27.2 Å². The lowest BCUT2D eigenvalue weighted by Crippen LogP contribution is -2.20. The number of hydrogen-bond donors (Lipinski definition) is 2. The highest BCUT2D eigenvalue weighted by Gasteiger charge is 2.09. The molecule has 0 saturated carbocycles. The number of carbonyl (C=O) groups is 2. The zero-order valence-corrected chi connectivity index (χ0v) is 15.0. The molecule has 2 aromatic carbocycles. The highest BCUT2D eigenvalue weighted by Crippen LogP contribution is 2.23. The van der Waals surface area contributed by atoms with Gasteiger partial charge in [-0.2, -0.15) is 0 Å². The second-order valence-corrected chi connectivity index (χ2v) is 6.44. The topological polar surface area (TPSA) is 80.3 Å². The van der Waals surface area contributed by atoms with Crippen molar-refractivity contribution in [3.63, 3.8) is 0 Å². The lowest BCUT2D eigenvalue weighted by molar-refractivity contribution is -0.118. The van der Waals surface area contributed by atoms with Crippen molar-refractivity contribution < 1.29 is 14.3 Å². The van der Waals surface area contributed by atoms with Crippen molar-refractivity contribution in [3.8, 4) is 5.75 Å². The van der Waals surface area contributed by atoms with Crippen molar-refractivity contribution in [2.24, 2.45) is 0 Å². The van der Waals surface area contributed by atoms with Crippen LogP contribution in [0, 0.1) is 0 Å². The maximum absolute atomic E-state index is 12.0. The summed E-state index contributed by atoms with van der Waals surface area (Å²) in [6.45, 7) is -0.160. The van der Waals surface area contributed by atoms with Crippen LogP contribution < -0.4 is 15.4 Å². The highest BCUT2D eigenvalue weighted by molar-refractivity contribution is 7.11. The van der Waals surface area contributed by atoms with Gasteiger partial charge in [-0.1, -0.05) is 23.7 Å². The molecular formula is C18H14ClN3O3S. The number of amides is 2. The molecular weight excluding hydrogens is 374 g/mol. The summed E-state index contributed by atoms with van der Waals surface area (Å²) in [5.41, 5.74) is 1.19. The van der Waals surface area contributed by atoms with E-state index in [9.17, 15) is 9.59 Å². The van der Waals surface area contributed by atoms with E-state index in [0.717, 1.165) is 0 Å². The minimum absolute atomic E-state index is 0.160. The van der Waals surface area contributed by atoms with E-state index in [4.69, 9.17) is 16.3 Å². The summed E-state index contributed by atoms with van der Waals surface area (Å²) in [6.07, 6.45) is 1.57. The van der Waals surface area contributed by atoms with Crippen LogP contribution in [0.25, 0.3) is 0 Å². The number of rotatable bonds is 6. The number of nitrogens with one attached hydrogen (secondary N) is 2. The normalized spacial score (nSPS) is 10.2. The first-order valence-electron chi connectivity index (χ1n) is 7.60. The molecule has 26 heavy (non-hydrogen) atoms. The molecule has 8 heteroatoms. The molecule has 0 saturated heterocycles. The number of hydrogen-bond acceptors (Lipinski definition) is 5. The van der Waals surface area contributed by atoms with Crippen LogP contribution in [-0.2, 0) is 4.79 Å². The summed E-state index contributed by atoms with van der Waals surface area (Å²) in [5.74, 6) is -0.140. The zero-order chi connectivity index (χ0) is 18.4. The minimum Gasteiger partial charge on any atom is -0.482 e. The Kier molecular flexibility index (Phi) is 5.83. The van der Waals surface area contributed by atoms with Gasteiger partial charge in [0, 0.05) is 23.0 Å². The monoisotopic (exact) mass is 387 g/mol. The molecule has 0 fully saturated rings. The lowest BCUT2D eigenvalue weighted by Gasteiger charge is -2.09. The molecule has 0 aliphatic heterocycles. The summed E-state index contributed by atoms with van der Waals surface area (Å²) >= 11 is 7.23. The third-order valence-electron chi connectivity index (χ3n) is 3.25. The quantitative estimate of drug-likeness (QED) is 0.668. The predicted octanol–water partition coefficient (Wildman–Crippen LogP) is 4.07. The molecule has 3 rings (SSSR count). The molecule has 1 heterocycles. The van der Waals surface area contributed by atoms with Crippen LogP contribution in [0.1, 0.15) is 9.80 Å². The van der Waals surface area contributed by atoms with E-state index in [1.54, 1.807) is 60.1 Å². The van der Waals surface area contributed by atoms with Gasteiger partial charge in [0.05, 0.1) is 5.02 Å². The SMILES string of the molecule is O=C(COc1ccccc1Cl)Nc1ccc(NC(=O)c2nccs2)cc1. The van der Waals surface area contributed by atoms with Crippen LogP contribution in [0.3, 0.4) is 0 Å². The molecule has 3 aromatic rings. The Bertz CT molecular complexity index is 898. The first kappa shape index (κ1) is 17.9. The summed E-state index contributed by atoms with van der Waals surface area (Å²) < 4.78 is 5.38. The molecule has 0 radical (unpaired) electrons. The Balaban J connectivity index is 1.51. The number of thiazole rings is 1. The first-order valence-corrected chi connectivity index (χ1v) is 8.85. The van der Waals surface area contributed by atoms with Crippen molar-refractivity contribution in [1.29, 1.82) is 0 Å². The number of benzene rings is 2. The van der Waals surface area contributed by atoms with Crippen molar-refractivity contribution in [2.45, 2.75) is 0 Å². The maximum Gasteiger partial charge on any atom is 0.284 e. The van der Waals surface area contributed by atoms with Gasteiger partial charge in [-0.25, -0.2) is 4.98 Å². The second kappa shape index (κ2) is 8.46. The van der Waals surface area contributed by atoms with Gasteiger partial charge in [-0.05, 0) is 36.4 Å². The number of carbonyl (C=O) groups excluding carboxylic acids is 2. The first-order chi connectivity index (χ1) is 12.6. The third kappa shape index (κ3) is 4.81. The predicted molar refractivity (Wildman–Crippen MR) is 102 cm³/mol. The molecule has 0 bridgehead atoms. The summed E-state index contributed by atoms with van der Waals surface area (Å²) in [7, 11) is 0. The highest BCUT2D eigenvalue weighted by atomic mass is 35.5. The van der Waals surface area contributed by atoms with Crippen LogP contribution in [0.4, 0.5) is 11.4 Å². The van der Waals surface area contributed by atoms with E-state index >= 15 is 0 Å². The lowest BCUT2D eigenvalue weighted by atomic mass is 10.2. The number of anilines is 2. The molecule has 132 valence electrons. The standard InChI is InChI=1S/C18H14ClN3O3S/c19-14-3-1-2-4-15(14)25-11-16(23)21-12-5-7-13(8-6-12)22-17(24)18-20-9-10-26-18/h1-10H,11H2,(H,21,23)(H,22,24). The van der Waals surface area contributed by atoms with Gasteiger partial charge in [0.15, 0.2) is 11.6 Å².